The second-order valence-corrected chi connectivity index (χ2v) is 3.84. The lowest BCUT2D eigenvalue weighted by molar-refractivity contribution is -0.0901. The second kappa shape index (κ2) is 3.29. The molecule has 0 aromatic carbocycles. The van der Waals surface area contributed by atoms with E-state index in [2.05, 4.69) is 5.32 Å². The van der Waals surface area contributed by atoms with Crippen LogP contribution >= 0.6 is 0 Å². The summed E-state index contributed by atoms with van der Waals surface area (Å²) in [6.07, 6.45) is -1.62. The van der Waals surface area contributed by atoms with Crippen molar-refractivity contribution in [2.45, 2.75) is 39.2 Å². The van der Waals surface area contributed by atoms with Crippen LogP contribution in [0.1, 0.15) is 27.2 Å². The predicted octanol–water partition coefficient (Wildman–Crippen LogP) is 2.28. The van der Waals surface area contributed by atoms with Crippen LogP contribution in [0.3, 0.4) is 0 Å². The van der Waals surface area contributed by atoms with Crippen LogP contribution in [0, 0.1) is 11.8 Å². The summed E-state index contributed by atoms with van der Waals surface area (Å²) >= 11 is 0. The van der Waals surface area contributed by atoms with Crippen LogP contribution in [-0.4, -0.2) is 18.5 Å². The lowest BCUT2D eigenvalue weighted by Crippen LogP contribution is -2.65. The number of nitrogens with one attached hydrogen (secondary N) is 1. The average molecular weight is 177 g/mol. The van der Waals surface area contributed by atoms with Crippen molar-refractivity contribution in [3.05, 3.63) is 0 Å². The van der Waals surface area contributed by atoms with E-state index in [4.69, 9.17) is 0 Å². The van der Waals surface area contributed by atoms with Crippen LogP contribution in [0.2, 0.25) is 0 Å². The van der Waals surface area contributed by atoms with Crippen molar-refractivity contribution in [3.8, 4) is 0 Å². The molecule has 3 heteroatoms. The Morgan fingerprint density at radius 1 is 1.50 bits per heavy atom. The van der Waals surface area contributed by atoms with Gasteiger partial charge in [-0.05, 0) is 24.8 Å². The smallest absolute Gasteiger partial charge is 0.256 e. The lowest BCUT2D eigenvalue weighted by atomic mass is 9.60. The molecule has 0 aromatic heterocycles. The van der Waals surface area contributed by atoms with Crippen molar-refractivity contribution in [2.75, 3.05) is 6.54 Å². The summed E-state index contributed by atoms with van der Waals surface area (Å²) in [5.74, 6) is 0.524. The molecule has 1 fully saturated rings. The zero-order valence-electron chi connectivity index (χ0n) is 7.90. The molecule has 12 heavy (non-hydrogen) atoms. The molecule has 0 aliphatic heterocycles. The monoisotopic (exact) mass is 177 g/mol. The summed E-state index contributed by atoms with van der Waals surface area (Å²) in [6, 6.07) is 0. The molecule has 1 N–H and O–H groups in total. The Morgan fingerprint density at radius 2 is 2.08 bits per heavy atom. The first-order valence-electron chi connectivity index (χ1n) is 4.57. The third kappa shape index (κ3) is 1.24. The van der Waals surface area contributed by atoms with Gasteiger partial charge < -0.3 is 5.32 Å². The highest BCUT2D eigenvalue weighted by Crippen LogP contribution is 2.46. The van der Waals surface area contributed by atoms with Crippen LogP contribution in [-0.2, 0) is 0 Å². The summed E-state index contributed by atoms with van der Waals surface area (Å²) in [5, 5.41) is 2.93. The second-order valence-electron chi connectivity index (χ2n) is 3.84. The van der Waals surface area contributed by atoms with Gasteiger partial charge in [-0.2, -0.15) is 0 Å². The van der Waals surface area contributed by atoms with E-state index in [-0.39, 0.29) is 5.92 Å². The molecule has 1 nitrogen and oxygen atoms in total. The van der Waals surface area contributed by atoms with E-state index in [1.807, 2.05) is 20.8 Å². The van der Waals surface area contributed by atoms with Gasteiger partial charge in [0.1, 0.15) is 0 Å². The molecular formula is C9H17F2N. The molecule has 0 saturated heterocycles. The fraction of sp³-hybridized carbons (Fsp3) is 1.00. The van der Waals surface area contributed by atoms with Gasteiger partial charge in [0, 0.05) is 0 Å². The third-order valence-corrected chi connectivity index (χ3v) is 3.22. The molecule has 0 heterocycles. The van der Waals surface area contributed by atoms with Crippen LogP contribution in [0.4, 0.5) is 8.78 Å². The van der Waals surface area contributed by atoms with Crippen molar-refractivity contribution in [2.24, 2.45) is 11.8 Å². The number of hydrogen-bond acceptors (Lipinski definition) is 1. The van der Waals surface area contributed by atoms with E-state index in [0.29, 0.717) is 18.9 Å². The first-order chi connectivity index (χ1) is 5.54. The molecule has 0 bridgehead atoms. The predicted molar refractivity (Wildman–Crippen MR) is 45.4 cm³/mol. The quantitative estimate of drug-likeness (QED) is 0.697. The number of hydrogen-bond donors (Lipinski definition) is 1. The molecule has 1 rings (SSSR count). The fourth-order valence-corrected chi connectivity index (χ4v) is 2.17. The Morgan fingerprint density at radius 3 is 2.33 bits per heavy atom. The van der Waals surface area contributed by atoms with E-state index in [1.165, 1.54) is 0 Å². The van der Waals surface area contributed by atoms with Crippen molar-refractivity contribution in [1.29, 1.82) is 0 Å². The molecule has 3 unspecified atom stereocenters. The highest BCUT2D eigenvalue weighted by atomic mass is 19.3. The summed E-state index contributed by atoms with van der Waals surface area (Å²) in [6.45, 7) is 6.44. The average Bonchev–Trinajstić information content (AvgIpc) is 2.02. The fourth-order valence-electron chi connectivity index (χ4n) is 2.17. The van der Waals surface area contributed by atoms with Gasteiger partial charge in [0.15, 0.2) is 0 Å². The van der Waals surface area contributed by atoms with E-state index in [0.717, 1.165) is 0 Å². The topological polar surface area (TPSA) is 12.0 Å². The van der Waals surface area contributed by atoms with Crippen molar-refractivity contribution < 1.29 is 8.78 Å². The van der Waals surface area contributed by atoms with Gasteiger partial charge in [-0.1, -0.05) is 20.8 Å². The van der Waals surface area contributed by atoms with Crippen molar-refractivity contribution >= 4 is 0 Å². The van der Waals surface area contributed by atoms with Gasteiger partial charge in [-0.15, -0.1) is 0 Å². The minimum absolute atomic E-state index is 0.0949. The van der Waals surface area contributed by atoms with Gasteiger partial charge in [0.2, 0.25) is 0 Å². The van der Waals surface area contributed by atoms with E-state index in [9.17, 15) is 8.78 Å². The molecule has 72 valence electrons. The Bertz CT molecular complexity index is 157. The van der Waals surface area contributed by atoms with Crippen LogP contribution < -0.4 is 5.32 Å². The van der Waals surface area contributed by atoms with E-state index >= 15 is 0 Å². The lowest BCUT2D eigenvalue weighted by Gasteiger charge is -2.52. The summed E-state index contributed by atoms with van der Waals surface area (Å²) in [7, 11) is 0. The number of rotatable bonds is 3. The molecule has 0 amide bonds. The van der Waals surface area contributed by atoms with Gasteiger partial charge in [0.05, 0.1) is 5.54 Å². The van der Waals surface area contributed by atoms with Crippen molar-refractivity contribution in [1.82, 2.24) is 5.32 Å². The third-order valence-electron chi connectivity index (χ3n) is 3.22. The normalized spacial score (nSPS) is 41.5. The molecule has 0 spiro atoms. The molecular weight excluding hydrogens is 160 g/mol. The number of halogens is 2. The standard InChI is InChI=1S/C9H17F2N/c1-4-12-9(8(10)11)5-6(2)7(9)3/h6-8,12H,4-5H2,1-3H3. The molecule has 0 aromatic rings. The largest absolute Gasteiger partial charge is 0.306 e. The van der Waals surface area contributed by atoms with Crippen LogP contribution in [0.5, 0.6) is 0 Å². The minimum atomic E-state index is -2.23. The van der Waals surface area contributed by atoms with Gasteiger partial charge in [-0.25, -0.2) is 8.78 Å². The van der Waals surface area contributed by atoms with E-state index < -0.39 is 12.0 Å². The first-order valence-corrected chi connectivity index (χ1v) is 4.57. The summed E-state index contributed by atoms with van der Waals surface area (Å²) in [5.41, 5.74) is -0.881. The Balaban J connectivity index is 2.63. The SMILES string of the molecule is CCNC1(C(F)F)CC(C)C1C. The Labute approximate surface area is 72.5 Å². The molecule has 0 radical (unpaired) electrons. The Kier molecular flexibility index (Phi) is 2.71. The van der Waals surface area contributed by atoms with Gasteiger partial charge in [0.25, 0.3) is 6.43 Å². The van der Waals surface area contributed by atoms with Gasteiger partial charge >= 0.3 is 0 Å². The van der Waals surface area contributed by atoms with Gasteiger partial charge in [-0.3, -0.25) is 0 Å². The highest BCUT2D eigenvalue weighted by Gasteiger charge is 2.54. The highest BCUT2D eigenvalue weighted by molar-refractivity contribution is 5.06. The zero-order chi connectivity index (χ0) is 9.35. The maximum absolute atomic E-state index is 12.7. The Hall–Kier alpha value is -0.180. The molecule has 1 saturated carbocycles. The minimum Gasteiger partial charge on any atom is -0.306 e. The zero-order valence-corrected chi connectivity index (χ0v) is 7.90. The maximum atomic E-state index is 12.7. The van der Waals surface area contributed by atoms with Crippen LogP contribution in [0.15, 0.2) is 0 Å². The number of alkyl halides is 2. The molecule has 1 aliphatic rings. The maximum Gasteiger partial charge on any atom is 0.256 e. The first kappa shape index (κ1) is 9.90. The molecule has 1 aliphatic carbocycles. The van der Waals surface area contributed by atoms with Crippen LogP contribution in [0.25, 0.3) is 0 Å². The van der Waals surface area contributed by atoms with Crippen molar-refractivity contribution in [3.63, 3.8) is 0 Å². The van der Waals surface area contributed by atoms with E-state index in [1.54, 1.807) is 0 Å². The molecule has 3 atom stereocenters. The summed E-state index contributed by atoms with van der Waals surface area (Å²) in [4.78, 5) is 0. The summed E-state index contributed by atoms with van der Waals surface area (Å²) < 4.78 is 25.4.